The molecule has 9 nitrogen and oxygen atoms in total. The van der Waals surface area contributed by atoms with E-state index < -0.39 is 29.8 Å². The summed E-state index contributed by atoms with van der Waals surface area (Å²) in [4.78, 5) is 23.8. The van der Waals surface area contributed by atoms with E-state index in [4.69, 9.17) is 21.2 Å². The number of hydrazone groups is 1. The lowest BCUT2D eigenvalue weighted by Crippen LogP contribution is -2.55. The second-order valence-electron chi connectivity index (χ2n) is 6.63. The monoisotopic (exact) mass is 365 g/mol. The third kappa shape index (κ3) is 7.39. The van der Waals surface area contributed by atoms with Gasteiger partial charge in [0.15, 0.2) is 11.9 Å². The lowest BCUT2D eigenvalue weighted by atomic mass is 10.0. The molecule has 0 aliphatic heterocycles. The Bertz CT molecular complexity index is 628. The Kier molecular flexibility index (Phi) is 7.85. The summed E-state index contributed by atoms with van der Waals surface area (Å²) in [5.74, 6) is 10.2. The summed E-state index contributed by atoms with van der Waals surface area (Å²) >= 11 is 0. The second-order valence-corrected chi connectivity index (χ2v) is 6.63. The molecule has 1 rings (SSSR count). The van der Waals surface area contributed by atoms with E-state index in [1.54, 1.807) is 20.8 Å². The average molecular weight is 365 g/mol. The number of carbonyl (C=O) groups is 2. The quantitative estimate of drug-likeness (QED) is 0.192. The van der Waals surface area contributed by atoms with E-state index >= 15 is 0 Å². The van der Waals surface area contributed by atoms with Crippen molar-refractivity contribution >= 4 is 17.9 Å². The van der Waals surface area contributed by atoms with Crippen LogP contribution in [0.4, 0.5) is 4.79 Å². The molecule has 0 aliphatic carbocycles. The number of carbonyl (C=O) groups excluding carboxylic acids is 2. The Balaban J connectivity index is 3.13. The zero-order valence-corrected chi connectivity index (χ0v) is 15.5. The topological polar surface area (TPSA) is 141 Å². The van der Waals surface area contributed by atoms with Gasteiger partial charge in [-0.05, 0) is 32.8 Å². The molecular formula is C17H27N5O4. The van der Waals surface area contributed by atoms with Crippen LogP contribution in [-0.4, -0.2) is 35.6 Å². The molecular weight excluding hydrogens is 338 g/mol. The number of benzene rings is 1. The SMILES string of the molecule is CC(=O)OC(/C(=N/N)NN)C(Cc1ccccc1)NC(=O)OC(C)(C)C. The van der Waals surface area contributed by atoms with Crippen LogP contribution < -0.4 is 22.4 Å². The summed E-state index contributed by atoms with van der Waals surface area (Å²) in [6.45, 7) is 6.48. The molecule has 2 unspecified atom stereocenters. The second kappa shape index (κ2) is 9.62. The third-order valence-corrected chi connectivity index (χ3v) is 3.22. The van der Waals surface area contributed by atoms with Crippen LogP contribution in [0.3, 0.4) is 0 Å². The highest BCUT2D eigenvalue weighted by Crippen LogP contribution is 2.13. The van der Waals surface area contributed by atoms with Crippen LogP contribution in [0.2, 0.25) is 0 Å². The van der Waals surface area contributed by atoms with Crippen molar-refractivity contribution in [1.29, 1.82) is 0 Å². The van der Waals surface area contributed by atoms with E-state index in [1.807, 2.05) is 30.3 Å². The number of hydrogen-bond donors (Lipinski definition) is 4. The molecule has 0 aliphatic rings. The number of rotatable bonds is 6. The predicted octanol–water partition coefficient (Wildman–Crippen LogP) is 0.790. The van der Waals surface area contributed by atoms with Gasteiger partial charge >= 0.3 is 12.1 Å². The maximum Gasteiger partial charge on any atom is 0.408 e. The van der Waals surface area contributed by atoms with Crippen LogP contribution in [0.5, 0.6) is 0 Å². The fourth-order valence-corrected chi connectivity index (χ4v) is 2.26. The summed E-state index contributed by atoms with van der Waals surface area (Å²) in [5.41, 5.74) is 2.52. The fourth-order valence-electron chi connectivity index (χ4n) is 2.26. The highest BCUT2D eigenvalue weighted by molar-refractivity contribution is 5.89. The minimum atomic E-state index is -1.02. The predicted molar refractivity (Wildman–Crippen MR) is 97.8 cm³/mol. The van der Waals surface area contributed by atoms with Gasteiger partial charge in [0.25, 0.3) is 0 Å². The zero-order chi connectivity index (χ0) is 19.7. The molecule has 0 heterocycles. The first-order valence-electron chi connectivity index (χ1n) is 8.11. The van der Waals surface area contributed by atoms with Crippen molar-refractivity contribution in [3.05, 3.63) is 35.9 Å². The van der Waals surface area contributed by atoms with Gasteiger partial charge in [0.2, 0.25) is 0 Å². The molecule has 9 heteroatoms. The van der Waals surface area contributed by atoms with Crippen molar-refractivity contribution < 1.29 is 19.1 Å². The third-order valence-electron chi connectivity index (χ3n) is 3.22. The molecule has 1 amide bonds. The summed E-state index contributed by atoms with van der Waals surface area (Å²) in [5, 5.41) is 6.22. The van der Waals surface area contributed by atoms with Crippen LogP contribution in [0.1, 0.15) is 33.3 Å². The van der Waals surface area contributed by atoms with Gasteiger partial charge in [0.1, 0.15) is 5.60 Å². The standard InChI is InChI=1S/C17H27N5O4/c1-11(23)25-14(15(21-18)22-19)13(10-12-8-6-5-7-9-12)20-16(24)26-17(2,3)4/h5-9,13-14H,10,18-19H2,1-4H3,(H,20,24)(H,21,22). The minimum absolute atomic E-state index is 0.0113. The normalized spacial score (nSPS) is 14.1. The highest BCUT2D eigenvalue weighted by atomic mass is 16.6. The van der Waals surface area contributed by atoms with Gasteiger partial charge in [-0.25, -0.2) is 10.6 Å². The lowest BCUT2D eigenvalue weighted by Gasteiger charge is -2.29. The summed E-state index contributed by atoms with van der Waals surface area (Å²) in [6.07, 6.45) is -1.35. The van der Waals surface area contributed by atoms with Crippen LogP contribution in [0.25, 0.3) is 0 Å². The number of ether oxygens (including phenoxy) is 2. The first-order chi connectivity index (χ1) is 12.2. The van der Waals surface area contributed by atoms with Gasteiger partial charge in [-0.2, -0.15) is 5.10 Å². The summed E-state index contributed by atoms with van der Waals surface area (Å²) < 4.78 is 10.6. The van der Waals surface area contributed by atoms with Crippen LogP contribution in [-0.2, 0) is 20.7 Å². The number of esters is 1. The van der Waals surface area contributed by atoms with Crippen molar-refractivity contribution in [2.24, 2.45) is 16.8 Å². The molecule has 6 N–H and O–H groups in total. The molecule has 0 saturated carbocycles. The maximum atomic E-state index is 12.3. The van der Waals surface area contributed by atoms with E-state index in [0.29, 0.717) is 6.42 Å². The number of amides is 1. The van der Waals surface area contributed by atoms with Crippen LogP contribution >= 0.6 is 0 Å². The number of hydrazine groups is 1. The number of hydrogen-bond acceptors (Lipinski definition) is 7. The molecule has 1 aromatic rings. The molecule has 0 bridgehead atoms. The molecule has 1 aromatic carbocycles. The van der Waals surface area contributed by atoms with Crippen molar-refractivity contribution in [2.75, 3.05) is 0 Å². The van der Waals surface area contributed by atoms with Crippen LogP contribution in [0, 0.1) is 0 Å². The first kappa shape index (κ1) is 21.2. The van der Waals surface area contributed by atoms with Crippen molar-refractivity contribution in [2.45, 2.75) is 51.9 Å². The largest absolute Gasteiger partial charge is 0.452 e. The van der Waals surface area contributed by atoms with E-state index in [2.05, 4.69) is 15.8 Å². The summed E-state index contributed by atoms with van der Waals surface area (Å²) in [6, 6.07) is 8.64. The van der Waals surface area contributed by atoms with Crippen molar-refractivity contribution in [3.63, 3.8) is 0 Å². The Hall–Kier alpha value is -2.81. The molecule has 0 saturated heterocycles. The van der Waals surface area contributed by atoms with Gasteiger partial charge in [-0.3, -0.25) is 4.79 Å². The Morgan fingerprint density at radius 1 is 1.23 bits per heavy atom. The smallest absolute Gasteiger partial charge is 0.408 e. The number of nitrogens with two attached hydrogens (primary N) is 2. The van der Waals surface area contributed by atoms with Gasteiger partial charge in [0.05, 0.1) is 6.04 Å². The lowest BCUT2D eigenvalue weighted by molar-refractivity contribution is -0.144. The number of nitrogens with zero attached hydrogens (tertiary/aromatic N) is 1. The molecule has 144 valence electrons. The number of amidine groups is 1. The van der Waals surface area contributed by atoms with Gasteiger partial charge in [-0.1, -0.05) is 30.3 Å². The van der Waals surface area contributed by atoms with Crippen molar-refractivity contribution in [1.82, 2.24) is 10.7 Å². The number of nitrogens with one attached hydrogen (secondary N) is 2. The molecule has 0 fully saturated rings. The van der Waals surface area contributed by atoms with E-state index in [-0.39, 0.29) is 5.84 Å². The first-order valence-corrected chi connectivity index (χ1v) is 8.11. The molecule has 2 atom stereocenters. The van der Waals surface area contributed by atoms with E-state index in [9.17, 15) is 9.59 Å². The zero-order valence-electron chi connectivity index (χ0n) is 15.5. The number of alkyl carbamates (subject to hydrolysis) is 1. The van der Waals surface area contributed by atoms with E-state index in [1.165, 1.54) is 6.92 Å². The van der Waals surface area contributed by atoms with Gasteiger partial charge in [-0.15, -0.1) is 0 Å². The average Bonchev–Trinajstić information content (AvgIpc) is 2.53. The van der Waals surface area contributed by atoms with Gasteiger partial charge < -0.3 is 26.1 Å². The molecule has 0 radical (unpaired) electrons. The Morgan fingerprint density at radius 3 is 2.31 bits per heavy atom. The Labute approximate surface area is 153 Å². The fraction of sp³-hybridized carbons (Fsp3) is 0.471. The Morgan fingerprint density at radius 2 is 1.85 bits per heavy atom. The minimum Gasteiger partial charge on any atom is -0.452 e. The molecule has 0 aromatic heterocycles. The molecule has 26 heavy (non-hydrogen) atoms. The molecule has 0 spiro atoms. The van der Waals surface area contributed by atoms with Crippen molar-refractivity contribution in [3.8, 4) is 0 Å². The summed E-state index contributed by atoms with van der Waals surface area (Å²) in [7, 11) is 0. The highest BCUT2D eigenvalue weighted by Gasteiger charge is 2.32. The van der Waals surface area contributed by atoms with Crippen LogP contribution in [0.15, 0.2) is 35.4 Å². The van der Waals surface area contributed by atoms with Gasteiger partial charge in [0, 0.05) is 6.92 Å². The van der Waals surface area contributed by atoms with E-state index in [0.717, 1.165) is 5.56 Å². The maximum absolute atomic E-state index is 12.3.